The SMILES string of the molecule is CC(C)(C)OC(=O)NOCC(C=O)c1ccccc1. The van der Waals surface area contributed by atoms with Gasteiger partial charge >= 0.3 is 6.09 Å². The Hall–Kier alpha value is -1.88. The predicted molar refractivity (Wildman–Crippen MR) is 70.6 cm³/mol. The zero-order chi connectivity index (χ0) is 14.3. The van der Waals surface area contributed by atoms with Crippen LogP contribution in [-0.2, 0) is 14.4 Å². The van der Waals surface area contributed by atoms with E-state index in [0.717, 1.165) is 11.8 Å². The van der Waals surface area contributed by atoms with Crippen LogP contribution in [0.25, 0.3) is 0 Å². The van der Waals surface area contributed by atoms with Crippen molar-refractivity contribution in [2.24, 2.45) is 0 Å². The van der Waals surface area contributed by atoms with E-state index in [1.165, 1.54) is 0 Å². The Bertz CT molecular complexity index is 411. The molecule has 5 nitrogen and oxygen atoms in total. The van der Waals surface area contributed by atoms with Crippen molar-refractivity contribution in [3.8, 4) is 0 Å². The normalized spacial score (nSPS) is 12.6. The lowest BCUT2D eigenvalue weighted by Crippen LogP contribution is -2.33. The lowest BCUT2D eigenvalue weighted by atomic mass is 10.0. The highest BCUT2D eigenvalue weighted by Gasteiger charge is 2.17. The highest BCUT2D eigenvalue weighted by molar-refractivity contribution is 5.66. The summed E-state index contributed by atoms with van der Waals surface area (Å²) in [5.74, 6) is -0.420. The number of amides is 1. The fourth-order valence-corrected chi connectivity index (χ4v) is 1.40. The van der Waals surface area contributed by atoms with Crippen LogP contribution in [0.15, 0.2) is 30.3 Å². The summed E-state index contributed by atoms with van der Waals surface area (Å²) in [7, 11) is 0. The fourth-order valence-electron chi connectivity index (χ4n) is 1.40. The van der Waals surface area contributed by atoms with Crippen LogP contribution < -0.4 is 5.48 Å². The van der Waals surface area contributed by atoms with Gasteiger partial charge in [0.05, 0.1) is 12.5 Å². The van der Waals surface area contributed by atoms with E-state index < -0.39 is 17.6 Å². The number of ether oxygens (including phenoxy) is 1. The van der Waals surface area contributed by atoms with Gasteiger partial charge in [-0.3, -0.25) is 4.84 Å². The number of aldehydes is 1. The van der Waals surface area contributed by atoms with E-state index in [2.05, 4.69) is 5.48 Å². The fraction of sp³-hybridized carbons (Fsp3) is 0.429. The van der Waals surface area contributed by atoms with Gasteiger partial charge in [0.2, 0.25) is 0 Å². The summed E-state index contributed by atoms with van der Waals surface area (Å²) < 4.78 is 5.00. The lowest BCUT2D eigenvalue weighted by molar-refractivity contribution is -0.111. The van der Waals surface area contributed by atoms with Crippen molar-refractivity contribution in [1.29, 1.82) is 0 Å². The zero-order valence-corrected chi connectivity index (χ0v) is 11.4. The average molecular weight is 265 g/mol. The average Bonchev–Trinajstić information content (AvgIpc) is 2.33. The van der Waals surface area contributed by atoms with Gasteiger partial charge in [-0.2, -0.15) is 5.48 Å². The predicted octanol–water partition coefficient (Wildman–Crippen LogP) is 2.43. The smallest absolute Gasteiger partial charge is 0.431 e. The van der Waals surface area contributed by atoms with Gasteiger partial charge in [-0.25, -0.2) is 4.79 Å². The Morgan fingerprint density at radius 1 is 1.32 bits per heavy atom. The van der Waals surface area contributed by atoms with Crippen molar-refractivity contribution < 1.29 is 19.2 Å². The van der Waals surface area contributed by atoms with Crippen molar-refractivity contribution in [2.45, 2.75) is 32.3 Å². The van der Waals surface area contributed by atoms with Crippen LogP contribution in [0.1, 0.15) is 32.3 Å². The van der Waals surface area contributed by atoms with Crippen molar-refractivity contribution in [2.75, 3.05) is 6.61 Å². The van der Waals surface area contributed by atoms with Crippen LogP contribution in [0.5, 0.6) is 0 Å². The Morgan fingerprint density at radius 2 is 1.95 bits per heavy atom. The minimum Gasteiger partial charge on any atom is -0.442 e. The van der Waals surface area contributed by atoms with Crippen LogP contribution in [-0.4, -0.2) is 24.6 Å². The molecule has 0 aliphatic heterocycles. The van der Waals surface area contributed by atoms with Crippen LogP contribution in [0.3, 0.4) is 0 Å². The maximum atomic E-state index is 11.3. The summed E-state index contributed by atoms with van der Waals surface area (Å²) in [6.45, 7) is 5.33. The summed E-state index contributed by atoms with van der Waals surface area (Å²) in [6, 6.07) is 9.21. The zero-order valence-electron chi connectivity index (χ0n) is 11.4. The Balaban J connectivity index is 2.39. The second-order valence-corrected chi connectivity index (χ2v) is 5.07. The van der Waals surface area contributed by atoms with E-state index >= 15 is 0 Å². The minimum absolute atomic E-state index is 0.0623. The standard InChI is InChI=1S/C14H19NO4/c1-14(2,3)19-13(17)15-18-10-12(9-16)11-7-5-4-6-8-11/h4-9,12H,10H2,1-3H3,(H,15,17). The second-order valence-electron chi connectivity index (χ2n) is 5.07. The highest BCUT2D eigenvalue weighted by atomic mass is 16.7. The van der Waals surface area contributed by atoms with Gasteiger partial charge in [-0.1, -0.05) is 30.3 Å². The molecule has 19 heavy (non-hydrogen) atoms. The molecule has 1 unspecified atom stereocenters. The molecule has 104 valence electrons. The monoisotopic (exact) mass is 265 g/mol. The van der Waals surface area contributed by atoms with Crippen molar-refractivity contribution >= 4 is 12.4 Å². The summed E-state index contributed by atoms with van der Waals surface area (Å²) in [6.07, 6.45) is 0.108. The van der Waals surface area contributed by atoms with E-state index in [4.69, 9.17) is 9.57 Å². The Morgan fingerprint density at radius 3 is 2.47 bits per heavy atom. The molecular weight excluding hydrogens is 246 g/mol. The lowest BCUT2D eigenvalue weighted by Gasteiger charge is -2.19. The topological polar surface area (TPSA) is 64.6 Å². The quantitative estimate of drug-likeness (QED) is 0.656. The van der Waals surface area contributed by atoms with Gasteiger partial charge in [0.25, 0.3) is 0 Å². The molecule has 0 radical (unpaired) electrons. The molecule has 0 spiro atoms. The molecule has 0 heterocycles. The van der Waals surface area contributed by atoms with Crippen molar-refractivity contribution in [1.82, 2.24) is 5.48 Å². The summed E-state index contributed by atoms with van der Waals surface area (Å²) >= 11 is 0. The maximum absolute atomic E-state index is 11.3. The van der Waals surface area contributed by atoms with Crippen LogP contribution in [0.2, 0.25) is 0 Å². The molecule has 0 bridgehead atoms. The molecule has 0 fully saturated rings. The van der Waals surface area contributed by atoms with Crippen molar-refractivity contribution in [3.05, 3.63) is 35.9 Å². The first kappa shape index (κ1) is 15.2. The molecule has 0 aliphatic carbocycles. The van der Waals surface area contributed by atoms with Gasteiger partial charge in [-0.05, 0) is 26.3 Å². The van der Waals surface area contributed by atoms with Gasteiger partial charge in [-0.15, -0.1) is 0 Å². The summed E-state index contributed by atoms with van der Waals surface area (Å²) in [4.78, 5) is 27.3. The first-order valence-corrected chi connectivity index (χ1v) is 6.03. The first-order chi connectivity index (χ1) is 8.92. The third-order valence-corrected chi connectivity index (χ3v) is 2.21. The molecule has 0 saturated carbocycles. The number of hydroxylamine groups is 1. The molecule has 1 aromatic carbocycles. The number of nitrogens with one attached hydrogen (secondary N) is 1. The molecule has 1 amide bonds. The second kappa shape index (κ2) is 6.89. The van der Waals surface area contributed by atoms with Crippen molar-refractivity contribution in [3.63, 3.8) is 0 Å². The Labute approximate surface area is 112 Å². The van der Waals surface area contributed by atoms with E-state index in [9.17, 15) is 9.59 Å². The number of benzene rings is 1. The molecule has 0 saturated heterocycles. The van der Waals surface area contributed by atoms with Crippen LogP contribution >= 0.6 is 0 Å². The number of rotatable bonds is 5. The molecular formula is C14H19NO4. The largest absolute Gasteiger partial charge is 0.442 e. The number of hydrogen-bond acceptors (Lipinski definition) is 4. The van der Waals surface area contributed by atoms with Gasteiger partial charge < -0.3 is 9.53 Å². The van der Waals surface area contributed by atoms with Gasteiger partial charge in [0.1, 0.15) is 11.9 Å². The first-order valence-electron chi connectivity index (χ1n) is 6.03. The molecule has 5 heteroatoms. The van der Waals surface area contributed by atoms with Gasteiger partial charge in [0, 0.05) is 0 Å². The molecule has 1 N–H and O–H groups in total. The highest BCUT2D eigenvalue weighted by Crippen LogP contribution is 2.13. The maximum Gasteiger partial charge on any atom is 0.431 e. The molecule has 1 atom stereocenters. The van der Waals surface area contributed by atoms with Crippen LogP contribution in [0.4, 0.5) is 4.79 Å². The van der Waals surface area contributed by atoms with E-state index in [1.807, 2.05) is 30.3 Å². The Kier molecular flexibility index (Phi) is 5.51. The van der Waals surface area contributed by atoms with E-state index in [1.54, 1.807) is 20.8 Å². The summed E-state index contributed by atoms with van der Waals surface area (Å²) in [5.41, 5.74) is 2.40. The molecule has 1 rings (SSSR count). The van der Waals surface area contributed by atoms with Crippen LogP contribution in [0, 0.1) is 0 Å². The molecule has 0 aromatic heterocycles. The molecule has 0 aliphatic rings. The third-order valence-electron chi connectivity index (χ3n) is 2.21. The van der Waals surface area contributed by atoms with E-state index in [0.29, 0.717) is 0 Å². The van der Waals surface area contributed by atoms with E-state index in [-0.39, 0.29) is 6.61 Å². The molecule has 1 aromatic rings. The van der Waals surface area contributed by atoms with Gasteiger partial charge in [0.15, 0.2) is 0 Å². The number of hydrogen-bond donors (Lipinski definition) is 1. The number of carbonyl (C=O) groups excluding carboxylic acids is 2. The number of carbonyl (C=O) groups is 2. The summed E-state index contributed by atoms with van der Waals surface area (Å²) in [5, 5.41) is 0. The minimum atomic E-state index is -0.676. The third kappa shape index (κ3) is 6.01.